The van der Waals surface area contributed by atoms with E-state index in [0.717, 1.165) is 0 Å². The van der Waals surface area contributed by atoms with Gasteiger partial charge in [-0.3, -0.25) is 0 Å². The molecule has 0 spiro atoms. The van der Waals surface area contributed by atoms with Crippen LogP contribution in [0, 0.1) is 0 Å². The highest BCUT2D eigenvalue weighted by Crippen LogP contribution is 2.56. The van der Waals surface area contributed by atoms with Crippen LogP contribution in [-0.2, 0) is 20.0 Å². The lowest BCUT2D eigenvalue weighted by atomic mass is 10.00. The van der Waals surface area contributed by atoms with Gasteiger partial charge in [0, 0.05) is 5.25 Å². The van der Waals surface area contributed by atoms with Crippen LogP contribution in [0.4, 0.5) is 39.5 Å². The van der Waals surface area contributed by atoms with E-state index in [-0.39, 0.29) is 0 Å². The minimum absolute atomic E-state index is 0.854. The number of sulfone groups is 1. The van der Waals surface area contributed by atoms with Crippen molar-refractivity contribution in [2.45, 2.75) is 59.5 Å². The molecule has 16 heteroatoms. The Kier molecular flexibility index (Phi) is 5.72. The maximum atomic E-state index is 13.6. The highest BCUT2D eigenvalue weighted by molar-refractivity contribution is 7.93. The summed E-state index contributed by atoms with van der Waals surface area (Å²) in [7, 11) is -11.5. The molecule has 0 amide bonds. The van der Waals surface area contributed by atoms with Crippen molar-refractivity contribution in [2.75, 3.05) is 0 Å². The van der Waals surface area contributed by atoms with Crippen molar-refractivity contribution in [1.29, 1.82) is 0 Å². The molecule has 1 aliphatic carbocycles. The fraction of sp³-hybridized carbons (Fsp3) is 1.00. The fourth-order valence-electron chi connectivity index (χ4n) is 2.38. The van der Waals surface area contributed by atoms with Gasteiger partial charge >= 0.3 is 23.3 Å². The third-order valence-electron chi connectivity index (χ3n) is 3.94. The molecule has 0 aromatic heterocycles. The van der Waals surface area contributed by atoms with Gasteiger partial charge in [-0.2, -0.15) is 39.5 Å². The first-order valence-corrected chi connectivity index (χ1v) is 9.61. The van der Waals surface area contributed by atoms with Gasteiger partial charge < -0.3 is 4.55 Å². The second kappa shape index (κ2) is 6.39. The summed E-state index contributed by atoms with van der Waals surface area (Å²) in [5.41, 5.74) is 0. The highest BCUT2D eigenvalue weighted by Gasteiger charge is 2.85. The van der Waals surface area contributed by atoms with E-state index in [4.69, 9.17) is 0 Å². The second-order valence-electron chi connectivity index (χ2n) is 5.60. The molecule has 0 saturated heterocycles. The van der Waals surface area contributed by atoms with Crippen LogP contribution < -0.4 is 0 Å². The Labute approximate surface area is 141 Å². The summed E-state index contributed by atoms with van der Waals surface area (Å²) in [6, 6.07) is 0. The summed E-state index contributed by atoms with van der Waals surface area (Å²) in [6.07, 6.45) is -11.1. The van der Waals surface area contributed by atoms with Crippen LogP contribution in [0.2, 0.25) is 0 Å². The van der Waals surface area contributed by atoms with E-state index in [9.17, 15) is 60.9 Å². The zero-order chi connectivity index (χ0) is 21.0. The molecule has 1 aliphatic rings. The molecular formula is C10H10F9O5S2-. The van der Waals surface area contributed by atoms with Crippen molar-refractivity contribution in [2.24, 2.45) is 0 Å². The normalized spacial score (nSPS) is 24.5. The molecule has 0 atom stereocenters. The van der Waals surface area contributed by atoms with E-state index in [0.29, 0.717) is 0 Å². The fourth-order valence-corrected chi connectivity index (χ4v) is 5.03. The Hall–Kier alpha value is -0.770. The van der Waals surface area contributed by atoms with Crippen molar-refractivity contribution in [3.05, 3.63) is 0 Å². The van der Waals surface area contributed by atoms with Gasteiger partial charge in [0.15, 0.2) is 0 Å². The third-order valence-corrected chi connectivity index (χ3v) is 7.55. The predicted molar refractivity (Wildman–Crippen MR) is 65.6 cm³/mol. The first kappa shape index (κ1) is 23.3. The van der Waals surface area contributed by atoms with Gasteiger partial charge in [0.2, 0.25) is 9.84 Å². The minimum Gasteiger partial charge on any atom is -0.748 e. The molecule has 0 heterocycles. The summed E-state index contributed by atoms with van der Waals surface area (Å²) in [5.74, 6) is -14.7. The van der Waals surface area contributed by atoms with Crippen molar-refractivity contribution in [1.82, 2.24) is 0 Å². The highest BCUT2D eigenvalue weighted by atomic mass is 32.2. The standard InChI is InChI=1S/C10H11F9O5S2/c11-7(12,9(15,16)17)8(13,14)10(18,19)25(20,21)5-1-3-6(4-2-5)26(22,23)24/h5-6H,1-4H2,(H,22,23,24)/p-1. The smallest absolute Gasteiger partial charge is 0.460 e. The van der Waals surface area contributed by atoms with Gasteiger partial charge in [-0.1, -0.05) is 0 Å². The molecule has 156 valence electrons. The quantitative estimate of drug-likeness (QED) is 0.480. The molecule has 26 heavy (non-hydrogen) atoms. The SMILES string of the molecule is O=S(=O)([O-])C1CCC(S(=O)(=O)C(F)(F)C(F)(F)C(F)(F)C(F)(F)F)CC1. The van der Waals surface area contributed by atoms with Crippen LogP contribution in [0.3, 0.4) is 0 Å². The number of hydrogen-bond acceptors (Lipinski definition) is 5. The van der Waals surface area contributed by atoms with E-state index in [1.165, 1.54) is 0 Å². The number of alkyl halides is 9. The van der Waals surface area contributed by atoms with Crippen LogP contribution in [0.1, 0.15) is 25.7 Å². The van der Waals surface area contributed by atoms with Gasteiger partial charge in [-0.05, 0) is 25.7 Å². The summed E-state index contributed by atoms with van der Waals surface area (Å²) in [4.78, 5) is 0. The lowest BCUT2D eigenvalue weighted by Gasteiger charge is -2.36. The Morgan fingerprint density at radius 2 is 1.00 bits per heavy atom. The van der Waals surface area contributed by atoms with E-state index < -0.39 is 79.4 Å². The van der Waals surface area contributed by atoms with Crippen LogP contribution >= 0.6 is 0 Å². The molecule has 0 radical (unpaired) electrons. The molecule has 1 fully saturated rings. The van der Waals surface area contributed by atoms with Crippen LogP contribution in [0.25, 0.3) is 0 Å². The van der Waals surface area contributed by atoms with Crippen LogP contribution in [0.5, 0.6) is 0 Å². The van der Waals surface area contributed by atoms with Gasteiger partial charge in [-0.15, -0.1) is 0 Å². The molecule has 0 aromatic carbocycles. The summed E-state index contributed by atoms with van der Waals surface area (Å²) < 4.78 is 171. The lowest BCUT2D eigenvalue weighted by Crippen LogP contribution is -2.64. The molecule has 1 saturated carbocycles. The topological polar surface area (TPSA) is 91.3 Å². The molecule has 1 rings (SSSR count). The zero-order valence-electron chi connectivity index (χ0n) is 12.2. The molecule has 5 nitrogen and oxygen atoms in total. The van der Waals surface area contributed by atoms with Gasteiger partial charge in [-0.25, -0.2) is 16.8 Å². The van der Waals surface area contributed by atoms with E-state index in [1.54, 1.807) is 0 Å². The number of hydrogen-bond donors (Lipinski definition) is 0. The Morgan fingerprint density at radius 1 is 0.654 bits per heavy atom. The lowest BCUT2D eigenvalue weighted by molar-refractivity contribution is -0.382. The van der Waals surface area contributed by atoms with Crippen molar-refractivity contribution < 1.29 is 60.9 Å². The van der Waals surface area contributed by atoms with E-state index in [2.05, 4.69) is 0 Å². The maximum absolute atomic E-state index is 13.6. The Bertz CT molecular complexity index is 733. The van der Waals surface area contributed by atoms with E-state index >= 15 is 0 Å². The van der Waals surface area contributed by atoms with Crippen molar-refractivity contribution >= 4 is 20.0 Å². The average molecular weight is 445 g/mol. The molecule has 0 aromatic rings. The zero-order valence-corrected chi connectivity index (χ0v) is 13.9. The van der Waals surface area contributed by atoms with Gasteiger partial charge in [0.25, 0.3) is 0 Å². The maximum Gasteiger partial charge on any atom is 0.460 e. The van der Waals surface area contributed by atoms with Crippen LogP contribution in [-0.4, -0.2) is 55.2 Å². The first-order chi connectivity index (χ1) is 11.2. The predicted octanol–water partition coefficient (Wildman–Crippen LogP) is 2.68. The molecule has 0 aliphatic heterocycles. The molecular weight excluding hydrogens is 435 g/mol. The Balaban J connectivity index is 3.23. The molecule has 0 bridgehead atoms. The largest absolute Gasteiger partial charge is 0.748 e. The number of halogens is 9. The molecule has 0 unspecified atom stereocenters. The van der Waals surface area contributed by atoms with Crippen molar-refractivity contribution in [3.63, 3.8) is 0 Å². The van der Waals surface area contributed by atoms with Gasteiger partial charge in [0.1, 0.15) is 0 Å². The first-order valence-electron chi connectivity index (χ1n) is 6.59. The minimum atomic E-state index is -7.36. The summed E-state index contributed by atoms with van der Waals surface area (Å²) in [6.45, 7) is 0. The third kappa shape index (κ3) is 3.50. The Morgan fingerprint density at radius 3 is 1.31 bits per heavy atom. The summed E-state index contributed by atoms with van der Waals surface area (Å²) in [5, 5.41) is -11.0. The second-order valence-corrected chi connectivity index (χ2v) is 9.52. The van der Waals surface area contributed by atoms with E-state index in [1.807, 2.05) is 0 Å². The number of rotatable bonds is 5. The van der Waals surface area contributed by atoms with Crippen molar-refractivity contribution in [3.8, 4) is 0 Å². The summed E-state index contributed by atoms with van der Waals surface area (Å²) >= 11 is 0. The van der Waals surface area contributed by atoms with Gasteiger partial charge in [0.05, 0.1) is 15.4 Å². The van der Waals surface area contributed by atoms with Crippen LogP contribution in [0.15, 0.2) is 0 Å². The monoisotopic (exact) mass is 445 g/mol. The molecule has 0 N–H and O–H groups in total. The average Bonchev–Trinajstić information content (AvgIpc) is 2.44.